The van der Waals surface area contributed by atoms with Crippen molar-refractivity contribution >= 4 is 28.7 Å². The van der Waals surface area contributed by atoms with Crippen LogP contribution in [0.4, 0.5) is 11.5 Å². The van der Waals surface area contributed by atoms with E-state index >= 15 is 0 Å². The third kappa shape index (κ3) is 3.41. The first-order chi connectivity index (χ1) is 9.06. The molecule has 0 saturated heterocycles. The number of nitrogen functional groups attached to an aromatic ring is 1. The Hall–Kier alpha value is -2.15. The summed E-state index contributed by atoms with van der Waals surface area (Å²) in [7, 11) is 0. The zero-order valence-corrected chi connectivity index (χ0v) is 11.3. The van der Waals surface area contributed by atoms with Crippen molar-refractivity contribution < 1.29 is 4.79 Å². The van der Waals surface area contributed by atoms with Crippen LogP contribution >= 0.6 is 11.3 Å². The number of carbonyl (C=O) groups is 1. The van der Waals surface area contributed by atoms with E-state index in [-0.39, 0.29) is 5.69 Å². The molecule has 2 aromatic rings. The maximum Gasteiger partial charge on any atom is 0.267 e. The second kappa shape index (κ2) is 5.66. The van der Waals surface area contributed by atoms with Crippen LogP contribution in [0.2, 0.25) is 0 Å². The van der Waals surface area contributed by atoms with E-state index in [0.29, 0.717) is 18.1 Å². The van der Waals surface area contributed by atoms with Crippen LogP contribution in [-0.2, 0) is 6.42 Å². The molecular weight excluding hydrogens is 262 g/mol. The molecule has 100 valence electrons. The molecule has 6 nitrogen and oxygen atoms in total. The molecule has 0 unspecified atom stereocenters. The van der Waals surface area contributed by atoms with Gasteiger partial charge in [0.1, 0.15) is 11.5 Å². The van der Waals surface area contributed by atoms with Gasteiger partial charge in [-0.05, 0) is 19.1 Å². The van der Waals surface area contributed by atoms with Gasteiger partial charge in [-0.15, -0.1) is 11.3 Å². The van der Waals surface area contributed by atoms with Gasteiger partial charge in [0.05, 0.1) is 10.7 Å². The van der Waals surface area contributed by atoms with Crippen molar-refractivity contribution in [2.24, 2.45) is 5.73 Å². The number of thiazole rings is 1. The number of aromatic nitrogens is 2. The number of nitrogens with two attached hydrogens (primary N) is 2. The summed E-state index contributed by atoms with van der Waals surface area (Å²) >= 11 is 1.62. The highest BCUT2D eigenvalue weighted by Crippen LogP contribution is 2.16. The number of primary amides is 1. The minimum Gasteiger partial charge on any atom is -0.396 e. The van der Waals surface area contributed by atoms with E-state index in [0.717, 1.165) is 17.1 Å². The highest BCUT2D eigenvalue weighted by molar-refractivity contribution is 7.09. The van der Waals surface area contributed by atoms with Crippen LogP contribution in [0.25, 0.3) is 0 Å². The molecule has 0 aromatic carbocycles. The van der Waals surface area contributed by atoms with Crippen LogP contribution in [0.15, 0.2) is 17.5 Å². The Morgan fingerprint density at radius 3 is 2.84 bits per heavy atom. The summed E-state index contributed by atoms with van der Waals surface area (Å²) in [6.07, 6.45) is 0.778. The summed E-state index contributed by atoms with van der Waals surface area (Å²) in [4.78, 5) is 19.5. The summed E-state index contributed by atoms with van der Waals surface area (Å²) in [6, 6.07) is 3.12. The molecule has 0 radical (unpaired) electrons. The van der Waals surface area contributed by atoms with Crippen LogP contribution in [0.5, 0.6) is 0 Å². The monoisotopic (exact) mass is 277 g/mol. The fourth-order valence-electron chi connectivity index (χ4n) is 1.55. The molecule has 1 amide bonds. The quantitative estimate of drug-likeness (QED) is 0.760. The molecule has 5 N–H and O–H groups in total. The standard InChI is InChI=1S/C12H15N5OS/c1-7-6-19-10(16-7)4-5-15-12-8(13)2-3-9(17-12)11(14)18/h2-3,6H,4-5,13H2,1H3,(H2,14,18)(H,15,17). The number of hydrogen-bond acceptors (Lipinski definition) is 6. The lowest BCUT2D eigenvalue weighted by Crippen LogP contribution is -2.16. The number of nitrogens with zero attached hydrogens (tertiary/aromatic N) is 2. The number of amides is 1. The van der Waals surface area contributed by atoms with Crippen molar-refractivity contribution in [2.75, 3.05) is 17.6 Å². The topological polar surface area (TPSA) is 107 Å². The number of hydrogen-bond donors (Lipinski definition) is 3. The van der Waals surface area contributed by atoms with E-state index in [4.69, 9.17) is 11.5 Å². The van der Waals surface area contributed by atoms with Crippen LogP contribution in [0, 0.1) is 6.92 Å². The molecule has 0 atom stereocenters. The Balaban J connectivity index is 1.99. The Morgan fingerprint density at radius 1 is 1.42 bits per heavy atom. The van der Waals surface area contributed by atoms with Gasteiger partial charge in [0, 0.05) is 24.0 Å². The largest absolute Gasteiger partial charge is 0.396 e. The van der Waals surface area contributed by atoms with Crippen LogP contribution in [0.3, 0.4) is 0 Å². The molecular formula is C12H15N5OS. The maximum atomic E-state index is 11.0. The van der Waals surface area contributed by atoms with Crippen molar-refractivity contribution in [3.05, 3.63) is 33.9 Å². The Labute approximate surface area is 114 Å². The zero-order chi connectivity index (χ0) is 13.8. The summed E-state index contributed by atoms with van der Waals surface area (Å²) in [5, 5.41) is 6.15. The average Bonchev–Trinajstić information content (AvgIpc) is 2.77. The van der Waals surface area contributed by atoms with Gasteiger partial charge in [-0.1, -0.05) is 0 Å². The van der Waals surface area contributed by atoms with Gasteiger partial charge in [-0.2, -0.15) is 0 Å². The van der Waals surface area contributed by atoms with E-state index < -0.39 is 5.91 Å². The number of nitrogens with one attached hydrogen (secondary N) is 1. The van der Waals surface area contributed by atoms with E-state index in [1.165, 1.54) is 6.07 Å². The van der Waals surface area contributed by atoms with Crippen LogP contribution in [-0.4, -0.2) is 22.4 Å². The normalized spacial score (nSPS) is 10.4. The first-order valence-corrected chi connectivity index (χ1v) is 6.65. The predicted molar refractivity (Wildman–Crippen MR) is 76.2 cm³/mol. The molecule has 0 spiro atoms. The fraction of sp³-hybridized carbons (Fsp3) is 0.250. The summed E-state index contributed by atoms with van der Waals surface area (Å²) < 4.78 is 0. The molecule has 2 rings (SSSR count). The molecule has 0 aliphatic carbocycles. The second-order valence-corrected chi connectivity index (χ2v) is 5.00. The van der Waals surface area contributed by atoms with Gasteiger partial charge in [0.2, 0.25) is 0 Å². The van der Waals surface area contributed by atoms with Crippen molar-refractivity contribution in [1.82, 2.24) is 9.97 Å². The molecule has 0 saturated carbocycles. The first kappa shape index (κ1) is 13.3. The van der Waals surface area contributed by atoms with E-state index in [1.807, 2.05) is 12.3 Å². The summed E-state index contributed by atoms with van der Waals surface area (Å²) in [5.41, 5.74) is 12.7. The maximum absolute atomic E-state index is 11.0. The number of pyridine rings is 1. The molecule has 2 aromatic heterocycles. The minimum atomic E-state index is -0.571. The Bertz CT molecular complexity index is 596. The molecule has 0 aliphatic heterocycles. The predicted octanol–water partition coefficient (Wildman–Crippen LogP) is 1.18. The van der Waals surface area contributed by atoms with Crippen molar-refractivity contribution in [3.8, 4) is 0 Å². The Morgan fingerprint density at radius 2 is 2.21 bits per heavy atom. The van der Waals surface area contributed by atoms with Crippen molar-refractivity contribution in [1.29, 1.82) is 0 Å². The zero-order valence-electron chi connectivity index (χ0n) is 10.5. The lowest BCUT2D eigenvalue weighted by molar-refractivity contribution is 0.0996. The van der Waals surface area contributed by atoms with Gasteiger partial charge in [0.15, 0.2) is 0 Å². The summed E-state index contributed by atoms with van der Waals surface area (Å²) in [5.74, 6) is -0.0943. The number of carbonyl (C=O) groups excluding carboxylic acids is 1. The molecule has 2 heterocycles. The van der Waals surface area contributed by atoms with Crippen molar-refractivity contribution in [2.45, 2.75) is 13.3 Å². The second-order valence-electron chi connectivity index (χ2n) is 4.06. The van der Waals surface area contributed by atoms with E-state index in [1.54, 1.807) is 17.4 Å². The van der Waals surface area contributed by atoms with Crippen LogP contribution < -0.4 is 16.8 Å². The Kier molecular flexibility index (Phi) is 3.96. The van der Waals surface area contributed by atoms with E-state index in [2.05, 4.69) is 15.3 Å². The third-order valence-electron chi connectivity index (χ3n) is 2.48. The third-order valence-corrected chi connectivity index (χ3v) is 3.50. The first-order valence-electron chi connectivity index (χ1n) is 5.77. The number of anilines is 2. The summed E-state index contributed by atoms with van der Waals surface area (Å²) in [6.45, 7) is 2.61. The fourth-order valence-corrected chi connectivity index (χ4v) is 2.33. The minimum absolute atomic E-state index is 0.196. The van der Waals surface area contributed by atoms with Crippen molar-refractivity contribution in [3.63, 3.8) is 0 Å². The van der Waals surface area contributed by atoms with Gasteiger partial charge in [-0.3, -0.25) is 4.79 Å². The smallest absolute Gasteiger partial charge is 0.267 e. The van der Waals surface area contributed by atoms with Gasteiger partial charge >= 0.3 is 0 Å². The number of aryl methyl sites for hydroxylation is 1. The molecule has 0 bridgehead atoms. The molecule has 7 heteroatoms. The highest BCUT2D eigenvalue weighted by atomic mass is 32.1. The molecule has 19 heavy (non-hydrogen) atoms. The average molecular weight is 277 g/mol. The highest BCUT2D eigenvalue weighted by Gasteiger charge is 2.07. The van der Waals surface area contributed by atoms with Gasteiger partial charge in [-0.25, -0.2) is 9.97 Å². The lowest BCUT2D eigenvalue weighted by Gasteiger charge is -2.08. The lowest BCUT2D eigenvalue weighted by atomic mass is 10.3. The van der Waals surface area contributed by atoms with Gasteiger partial charge in [0.25, 0.3) is 5.91 Å². The number of rotatable bonds is 5. The molecule has 0 fully saturated rings. The van der Waals surface area contributed by atoms with Gasteiger partial charge < -0.3 is 16.8 Å². The molecule has 0 aliphatic rings. The van der Waals surface area contributed by atoms with Crippen LogP contribution in [0.1, 0.15) is 21.2 Å². The van der Waals surface area contributed by atoms with E-state index in [9.17, 15) is 4.79 Å². The SMILES string of the molecule is Cc1csc(CCNc2nc(C(N)=O)ccc2N)n1.